The monoisotopic (exact) mass is 278 g/mol. The van der Waals surface area contributed by atoms with Crippen molar-refractivity contribution < 1.29 is 14.4 Å². The first kappa shape index (κ1) is 14.3. The molecule has 108 valence electrons. The quantitative estimate of drug-likeness (QED) is 0.853. The maximum Gasteiger partial charge on any atom is 0.303 e. The van der Waals surface area contributed by atoms with Gasteiger partial charge in [-0.25, -0.2) is 0 Å². The molecule has 7 heteroatoms. The minimum absolute atomic E-state index is 0.0132. The molecule has 2 aromatic rings. The summed E-state index contributed by atoms with van der Waals surface area (Å²) in [5.41, 5.74) is 1.99. The smallest absolute Gasteiger partial charge is 0.303 e. The van der Waals surface area contributed by atoms with Crippen LogP contribution < -0.4 is 0 Å². The van der Waals surface area contributed by atoms with Crippen LogP contribution in [0.15, 0.2) is 16.7 Å². The molecule has 2 aromatic heterocycles. The van der Waals surface area contributed by atoms with Gasteiger partial charge >= 0.3 is 5.97 Å². The van der Waals surface area contributed by atoms with Crippen LogP contribution in [0.2, 0.25) is 0 Å². The number of rotatable bonds is 6. The highest BCUT2D eigenvalue weighted by molar-refractivity contribution is 5.66. The van der Waals surface area contributed by atoms with E-state index in [1.165, 1.54) is 0 Å². The summed E-state index contributed by atoms with van der Waals surface area (Å²) in [4.78, 5) is 16.8. The van der Waals surface area contributed by atoms with Gasteiger partial charge in [-0.15, -0.1) is 0 Å². The number of aromatic nitrogens is 3. The van der Waals surface area contributed by atoms with Crippen LogP contribution >= 0.6 is 0 Å². The van der Waals surface area contributed by atoms with Crippen molar-refractivity contribution in [2.24, 2.45) is 7.05 Å². The third kappa shape index (κ3) is 3.24. The molecule has 0 saturated carbocycles. The molecule has 0 fully saturated rings. The molecule has 0 aliphatic carbocycles. The van der Waals surface area contributed by atoms with E-state index in [1.54, 1.807) is 0 Å². The summed E-state index contributed by atoms with van der Waals surface area (Å²) in [5, 5.41) is 12.5. The van der Waals surface area contributed by atoms with Crippen LogP contribution in [0.1, 0.15) is 18.0 Å². The molecule has 2 rings (SSSR count). The van der Waals surface area contributed by atoms with Crippen molar-refractivity contribution in [3.63, 3.8) is 0 Å². The molecule has 0 aliphatic heterocycles. The van der Waals surface area contributed by atoms with Gasteiger partial charge in [-0.1, -0.05) is 5.16 Å². The predicted molar refractivity (Wildman–Crippen MR) is 72.1 cm³/mol. The average Bonchev–Trinajstić information content (AvgIpc) is 2.95. The standard InChI is InChI=1S/C13H18N4O3/c1-16(2)8-9-4-5-10(17(9)3)13-14-11(20-15-13)6-7-12(18)19/h4-5H,6-8H2,1-3H3,(H,18,19). The fraction of sp³-hybridized carbons (Fsp3) is 0.462. The molecule has 0 unspecified atom stereocenters. The van der Waals surface area contributed by atoms with Crippen LogP contribution in [0, 0.1) is 0 Å². The van der Waals surface area contributed by atoms with Crippen LogP contribution in [-0.2, 0) is 24.8 Å². The second-order valence-electron chi connectivity index (χ2n) is 4.91. The Hall–Kier alpha value is -2.15. The minimum Gasteiger partial charge on any atom is -0.481 e. The van der Waals surface area contributed by atoms with Crippen LogP contribution in [0.5, 0.6) is 0 Å². The molecular formula is C13H18N4O3. The molecule has 1 N–H and O–H groups in total. The lowest BCUT2D eigenvalue weighted by Gasteiger charge is -2.11. The molecule has 2 heterocycles. The largest absolute Gasteiger partial charge is 0.481 e. The van der Waals surface area contributed by atoms with E-state index in [0.717, 1.165) is 17.9 Å². The van der Waals surface area contributed by atoms with E-state index in [4.69, 9.17) is 9.63 Å². The number of carbonyl (C=O) groups is 1. The second-order valence-corrected chi connectivity index (χ2v) is 4.91. The number of carboxylic acid groups (broad SMARTS) is 1. The SMILES string of the molecule is CN(C)Cc1ccc(-c2noc(CCC(=O)O)n2)n1C. The van der Waals surface area contributed by atoms with Crippen LogP contribution in [0.3, 0.4) is 0 Å². The fourth-order valence-corrected chi connectivity index (χ4v) is 1.94. The second kappa shape index (κ2) is 5.87. The Labute approximate surface area is 116 Å². The predicted octanol–water partition coefficient (Wildman–Crippen LogP) is 1.15. The maximum atomic E-state index is 10.5. The van der Waals surface area contributed by atoms with Crippen molar-refractivity contribution in [3.05, 3.63) is 23.7 Å². The van der Waals surface area contributed by atoms with E-state index < -0.39 is 5.97 Å². The molecule has 0 aliphatic rings. The number of hydrogen-bond donors (Lipinski definition) is 1. The van der Waals surface area contributed by atoms with Crippen LogP contribution in [-0.4, -0.2) is 44.8 Å². The van der Waals surface area contributed by atoms with Crippen molar-refractivity contribution in [3.8, 4) is 11.5 Å². The highest BCUT2D eigenvalue weighted by atomic mass is 16.5. The third-order valence-electron chi connectivity index (χ3n) is 2.95. The molecule has 0 amide bonds. The van der Waals surface area contributed by atoms with E-state index in [1.807, 2.05) is 37.8 Å². The molecule has 20 heavy (non-hydrogen) atoms. The van der Waals surface area contributed by atoms with Gasteiger partial charge < -0.3 is 19.1 Å². The number of carboxylic acids is 1. The first-order valence-electron chi connectivity index (χ1n) is 6.31. The number of aliphatic carboxylic acids is 1. The topological polar surface area (TPSA) is 84.4 Å². The zero-order valence-electron chi connectivity index (χ0n) is 11.8. The van der Waals surface area contributed by atoms with Gasteiger partial charge in [0, 0.05) is 25.7 Å². The van der Waals surface area contributed by atoms with Gasteiger partial charge in [-0.05, 0) is 26.2 Å². The number of nitrogens with zero attached hydrogens (tertiary/aromatic N) is 4. The summed E-state index contributed by atoms with van der Waals surface area (Å²) < 4.78 is 7.07. The van der Waals surface area contributed by atoms with Crippen molar-refractivity contribution in [2.75, 3.05) is 14.1 Å². The maximum absolute atomic E-state index is 10.5. The lowest BCUT2D eigenvalue weighted by atomic mass is 10.3. The zero-order chi connectivity index (χ0) is 14.7. The average molecular weight is 278 g/mol. The van der Waals surface area contributed by atoms with Gasteiger partial charge in [0.1, 0.15) is 0 Å². The van der Waals surface area contributed by atoms with Crippen LogP contribution in [0.25, 0.3) is 11.5 Å². The van der Waals surface area contributed by atoms with Crippen LogP contribution in [0.4, 0.5) is 0 Å². The summed E-state index contributed by atoms with van der Waals surface area (Å²) in [6, 6.07) is 3.95. The number of hydrogen-bond acceptors (Lipinski definition) is 5. The van der Waals surface area contributed by atoms with Gasteiger partial charge in [-0.3, -0.25) is 4.79 Å². The Morgan fingerprint density at radius 2 is 2.20 bits per heavy atom. The molecule has 0 saturated heterocycles. The minimum atomic E-state index is -0.878. The molecule has 0 atom stereocenters. The van der Waals surface area contributed by atoms with Gasteiger partial charge in [0.15, 0.2) is 0 Å². The van der Waals surface area contributed by atoms with Gasteiger partial charge in [0.05, 0.1) is 12.1 Å². The van der Waals surface area contributed by atoms with E-state index in [9.17, 15) is 4.79 Å². The lowest BCUT2D eigenvalue weighted by molar-refractivity contribution is -0.137. The Morgan fingerprint density at radius 1 is 1.45 bits per heavy atom. The van der Waals surface area contributed by atoms with Gasteiger partial charge in [-0.2, -0.15) is 4.98 Å². The van der Waals surface area contributed by atoms with Crippen molar-refractivity contribution >= 4 is 5.97 Å². The first-order valence-corrected chi connectivity index (χ1v) is 6.31. The molecule has 0 bridgehead atoms. The Kier molecular flexibility index (Phi) is 4.19. The molecule has 0 aromatic carbocycles. The molecule has 0 radical (unpaired) electrons. The fourth-order valence-electron chi connectivity index (χ4n) is 1.94. The Bertz CT molecular complexity index is 601. The van der Waals surface area contributed by atoms with Gasteiger partial charge in [0.2, 0.25) is 11.7 Å². The third-order valence-corrected chi connectivity index (χ3v) is 2.95. The Balaban J connectivity index is 2.16. The molecule has 7 nitrogen and oxygen atoms in total. The van der Waals surface area contributed by atoms with Crippen molar-refractivity contribution in [1.29, 1.82) is 0 Å². The highest BCUT2D eigenvalue weighted by Crippen LogP contribution is 2.19. The summed E-state index contributed by atoms with van der Waals surface area (Å²) in [6.07, 6.45) is 0.234. The number of aryl methyl sites for hydroxylation is 1. The highest BCUT2D eigenvalue weighted by Gasteiger charge is 2.14. The lowest BCUT2D eigenvalue weighted by Crippen LogP contribution is -2.13. The van der Waals surface area contributed by atoms with E-state index in [2.05, 4.69) is 15.0 Å². The van der Waals surface area contributed by atoms with Crippen molar-refractivity contribution in [1.82, 2.24) is 19.6 Å². The summed E-state index contributed by atoms with van der Waals surface area (Å²) in [5.74, 6) is -0.0486. The zero-order valence-corrected chi connectivity index (χ0v) is 11.8. The molecular weight excluding hydrogens is 260 g/mol. The summed E-state index contributed by atoms with van der Waals surface area (Å²) >= 11 is 0. The van der Waals surface area contributed by atoms with Gasteiger partial charge in [0.25, 0.3) is 0 Å². The summed E-state index contributed by atoms with van der Waals surface area (Å²) in [7, 11) is 5.96. The van der Waals surface area contributed by atoms with E-state index in [-0.39, 0.29) is 12.8 Å². The van der Waals surface area contributed by atoms with Crippen molar-refractivity contribution in [2.45, 2.75) is 19.4 Å². The van der Waals surface area contributed by atoms with E-state index in [0.29, 0.717) is 11.7 Å². The summed E-state index contributed by atoms with van der Waals surface area (Å²) in [6.45, 7) is 0.820. The Morgan fingerprint density at radius 3 is 2.85 bits per heavy atom. The normalized spacial score (nSPS) is 11.2. The first-order chi connectivity index (χ1) is 9.47. The molecule has 0 spiro atoms. The van der Waals surface area contributed by atoms with E-state index >= 15 is 0 Å².